The van der Waals surface area contributed by atoms with E-state index >= 15 is 0 Å². The van der Waals surface area contributed by atoms with Crippen LogP contribution in [0.3, 0.4) is 0 Å². The highest BCUT2D eigenvalue weighted by Gasteiger charge is 2.38. The molecule has 0 aliphatic heterocycles. The third kappa shape index (κ3) is 6.24. The van der Waals surface area contributed by atoms with Crippen molar-refractivity contribution in [2.45, 2.75) is 52.1 Å². The van der Waals surface area contributed by atoms with Crippen LogP contribution in [0.5, 0.6) is 0 Å². The second-order valence-corrected chi connectivity index (χ2v) is 9.40. The van der Waals surface area contributed by atoms with Gasteiger partial charge in [-0.3, -0.25) is 14.7 Å². The molecule has 38 heavy (non-hydrogen) atoms. The minimum Gasteiger partial charge on any atom is -0.464 e. The lowest BCUT2D eigenvalue weighted by atomic mass is 10.0. The first-order valence-electron chi connectivity index (χ1n) is 12.4. The van der Waals surface area contributed by atoms with E-state index in [4.69, 9.17) is 9.15 Å². The average Bonchev–Trinajstić information content (AvgIpc) is 3.38. The molecule has 1 fully saturated rings. The lowest BCUT2D eigenvalue weighted by Gasteiger charge is -2.19. The zero-order valence-electron chi connectivity index (χ0n) is 21.2. The van der Waals surface area contributed by atoms with Crippen LogP contribution in [0.1, 0.15) is 54.7 Å². The van der Waals surface area contributed by atoms with Crippen LogP contribution in [0.25, 0.3) is 22.7 Å². The summed E-state index contributed by atoms with van der Waals surface area (Å²) >= 11 is 0. The van der Waals surface area contributed by atoms with E-state index < -0.39 is 36.3 Å². The van der Waals surface area contributed by atoms with Crippen LogP contribution >= 0.6 is 0 Å². The number of oxazole rings is 1. The topological polar surface area (TPSA) is 139 Å². The highest BCUT2D eigenvalue weighted by molar-refractivity contribution is 5.95. The first kappa shape index (κ1) is 27.0. The Morgan fingerprint density at radius 3 is 2.53 bits per heavy atom. The lowest BCUT2D eigenvalue weighted by molar-refractivity contribution is -0.146. The van der Waals surface area contributed by atoms with Crippen molar-refractivity contribution in [2.75, 3.05) is 6.61 Å². The molecule has 4 rings (SSSR count). The van der Waals surface area contributed by atoms with Gasteiger partial charge in [0.1, 0.15) is 11.7 Å². The molecule has 1 unspecified atom stereocenters. The van der Waals surface area contributed by atoms with Gasteiger partial charge in [-0.25, -0.2) is 18.6 Å². The van der Waals surface area contributed by atoms with E-state index in [9.17, 15) is 23.2 Å². The zero-order valence-corrected chi connectivity index (χ0v) is 21.2. The molecule has 12 heteroatoms. The van der Waals surface area contributed by atoms with E-state index in [0.29, 0.717) is 29.7 Å². The van der Waals surface area contributed by atoms with Crippen LogP contribution in [-0.4, -0.2) is 58.1 Å². The van der Waals surface area contributed by atoms with Crippen LogP contribution in [-0.2, 0) is 9.53 Å². The molecule has 0 spiro atoms. The molecule has 2 heterocycles. The molecule has 2 amide bonds. The fourth-order valence-corrected chi connectivity index (χ4v) is 3.92. The molecule has 3 aromatic rings. The lowest BCUT2D eigenvalue weighted by Crippen LogP contribution is -2.45. The number of halogens is 2. The third-order valence-corrected chi connectivity index (χ3v) is 6.15. The number of carbonyl (C=O) groups is 3. The third-order valence-electron chi connectivity index (χ3n) is 6.15. The Labute approximate surface area is 217 Å². The number of aromatic nitrogens is 3. The molecule has 0 radical (unpaired) electrons. The predicted octanol–water partition coefficient (Wildman–Crippen LogP) is 3.82. The Morgan fingerprint density at radius 1 is 1.13 bits per heavy atom. The molecular formula is C26H29F2N5O5. The minimum atomic E-state index is -2.64. The van der Waals surface area contributed by atoms with Gasteiger partial charge in [0.05, 0.1) is 24.5 Å². The largest absolute Gasteiger partial charge is 0.464 e. The average molecular weight is 530 g/mol. The molecule has 0 bridgehead atoms. The Balaban J connectivity index is 1.46. The summed E-state index contributed by atoms with van der Waals surface area (Å²) in [5.41, 5.74) is 1.62. The number of amides is 2. The van der Waals surface area contributed by atoms with Crippen molar-refractivity contribution in [3.8, 4) is 22.7 Å². The zero-order chi connectivity index (χ0) is 27.4. The number of hydrogen-bond acceptors (Lipinski definition) is 7. The van der Waals surface area contributed by atoms with Crippen LogP contribution < -0.4 is 10.6 Å². The Hall–Kier alpha value is -4.09. The second-order valence-electron chi connectivity index (χ2n) is 9.40. The van der Waals surface area contributed by atoms with Gasteiger partial charge in [-0.1, -0.05) is 26.0 Å². The van der Waals surface area contributed by atoms with E-state index in [1.54, 1.807) is 45.0 Å². The molecular weight excluding hydrogens is 500 g/mol. The van der Waals surface area contributed by atoms with Gasteiger partial charge in [-0.2, -0.15) is 5.10 Å². The number of carbonyl (C=O) groups excluding carboxylic acids is 3. The predicted molar refractivity (Wildman–Crippen MR) is 132 cm³/mol. The van der Waals surface area contributed by atoms with Gasteiger partial charge in [-0.05, 0) is 49.8 Å². The number of alkyl halides is 2. The summed E-state index contributed by atoms with van der Waals surface area (Å²) < 4.78 is 37.2. The summed E-state index contributed by atoms with van der Waals surface area (Å²) in [6.07, 6.45) is -0.0374. The summed E-state index contributed by atoms with van der Waals surface area (Å²) in [6, 6.07) is 6.34. The molecule has 3 N–H and O–H groups in total. The smallest absolute Gasteiger partial charge is 0.328 e. The SMILES string of the molecule is CCOC(=O)[C@@H](NC(=O)c1cnc(-c2cccc(-c3cc(C(=O)NC(C(F)F)C4CC4)[nH]n3)c2)o1)C(C)C. The summed E-state index contributed by atoms with van der Waals surface area (Å²) in [5.74, 6) is -2.12. The van der Waals surface area contributed by atoms with Crippen LogP contribution in [0, 0.1) is 11.8 Å². The summed E-state index contributed by atoms with van der Waals surface area (Å²) in [7, 11) is 0. The monoisotopic (exact) mass is 529 g/mol. The first-order chi connectivity index (χ1) is 18.2. The van der Waals surface area contributed by atoms with Gasteiger partial charge in [0, 0.05) is 11.1 Å². The normalized spacial score (nSPS) is 14.8. The van der Waals surface area contributed by atoms with Crippen molar-refractivity contribution in [1.82, 2.24) is 25.8 Å². The number of rotatable bonds is 11. The van der Waals surface area contributed by atoms with E-state index in [0.717, 1.165) is 0 Å². The maximum absolute atomic E-state index is 13.3. The molecule has 202 valence electrons. The van der Waals surface area contributed by atoms with E-state index in [1.165, 1.54) is 12.3 Å². The Bertz CT molecular complexity index is 1300. The number of aromatic amines is 1. The maximum atomic E-state index is 13.3. The molecule has 10 nitrogen and oxygen atoms in total. The van der Waals surface area contributed by atoms with E-state index in [1.807, 2.05) is 0 Å². The van der Waals surface area contributed by atoms with E-state index in [2.05, 4.69) is 25.8 Å². The number of nitrogens with zero attached hydrogens (tertiary/aromatic N) is 2. The van der Waals surface area contributed by atoms with Gasteiger partial charge in [0.2, 0.25) is 11.7 Å². The second kappa shape index (κ2) is 11.5. The Morgan fingerprint density at radius 2 is 1.87 bits per heavy atom. The summed E-state index contributed by atoms with van der Waals surface area (Å²) in [6.45, 7) is 5.45. The minimum absolute atomic E-state index is 0.0630. The van der Waals surface area contributed by atoms with Gasteiger partial charge in [0.25, 0.3) is 18.2 Å². The van der Waals surface area contributed by atoms with Crippen molar-refractivity contribution in [1.29, 1.82) is 0 Å². The quantitative estimate of drug-likeness (QED) is 0.321. The summed E-state index contributed by atoms with van der Waals surface area (Å²) in [4.78, 5) is 41.5. The standard InChI is InChI=1S/C26H29F2N5O5/c1-4-37-26(36)20(13(2)3)30-24(35)19-12-29-25(38-19)16-7-5-6-15(10-16)17-11-18(33-32-17)23(34)31-21(22(27)28)14-8-9-14/h5-7,10-14,20-22H,4,8-9H2,1-3H3,(H,30,35)(H,31,34)(H,32,33)/t20-,21?/m0/s1. The van der Waals surface area contributed by atoms with Crippen molar-refractivity contribution in [3.63, 3.8) is 0 Å². The fourth-order valence-electron chi connectivity index (χ4n) is 3.92. The number of H-pyrrole nitrogens is 1. The molecule has 1 aliphatic carbocycles. The van der Waals surface area contributed by atoms with Gasteiger partial charge in [-0.15, -0.1) is 0 Å². The molecule has 1 aliphatic rings. The number of benzene rings is 1. The molecule has 2 aromatic heterocycles. The molecule has 0 saturated heterocycles. The highest BCUT2D eigenvalue weighted by atomic mass is 19.3. The van der Waals surface area contributed by atoms with Crippen molar-refractivity contribution < 1.29 is 32.3 Å². The number of nitrogens with one attached hydrogen (secondary N) is 3. The van der Waals surface area contributed by atoms with Crippen molar-refractivity contribution >= 4 is 17.8 Å². The van der Waals surface area contributed by atoms with Gasteiger partial charge in [0.15, 0.2) is 0 Å². The first-order valence-corrected chi connectivity index (χ1v) is 12.4. The Kier molecular flexibility index (Phi) is 8.18. The molecule has 1 saturated carbocycles. The van der Waals surface area contributed by atoms with E-state index in [-0.39, 0.29) is 35.8 Å². The highest BCUT2D eigenvalue weighted by Crippen LogP contribution is 2.35. The van der Waals surface area contributed by atoms with Gasteiger partial charge >= 0.3 is 5.97 Å². The van der Waals surface area contributed by atoms with Crippen molar-refractivity contribution in [2.24, 2.45) is 11.8 Å². The van der Waals surface area contributed by atoms with Crippen LogP contribution in [0.4, 0.5) is 8.78 Å². The van der Waals surface area contributed by atoms with Crippen LogP contribution in [0.15, 0.2) is 40.9 Å². The fraction of sp³-hybridized carbons (Fsp3) is 0.423. The summed E-state index contributed by atoms with van der Waals surface area (Å²) in [5, 5.41) is 11.7. The molecule has 2 atom stereocenters. The van der Waals surface area contributed by atoms with Crippen LogP contribution in [0.2, 0.25) is 0 Å². The number of esters is 1. The molecule has 1 aromatic carbocycles. The van der Waals surface area contributed by atoms with Crippen molar-refractivity contribution in [3.05, 3.63) is 48.0 Å². The maximum Gasteiger partial charge on any atom is 0.328 e. The number of ether oxygens (including phenoxy) is 1. The number of hydrogen-bond donors (Lipinski definition) is 3. The van der Waals surface area contributed by atoms with Gasteiger partial charge < -0.3 is 19.8 Å².